The van der Waals surface area contributed by atoms with E-state index in [4.69, 9.17) is 4.74 Å². The molecule has 0 bridgehead atoms. The third-order valence-corrected chi connectivity index (χ3v) is 9.63. The van der Waals surface area contributed by atoms with Gasteiger partial charge < -0.3 is 9.84 Å². The fraction of sp³-hybridized carbons (Fsp3) is 0.441. The number of carboxylic acid groups (broad SMARTS) is 1. The standard InChI is InChI=1S/C34H37FO3/c1-21-8-13-31(35)27(16-21)25-12-9-22(17-26(25)28-7-5-14-33(28,2)3)20-38-24-11-10-23-6-4-15-34(29(23)18-24)19-30(34)32(36)37/h8-13,16-18,28,30H,4-7,14-15,19-20H2,1-3H3,(H,36,37)/t28-,30+,34+/m1/s1. The zero-order valence-electron chi connectivity index (χ0n) is 22.6. The molecule has 38 heavy (non-hydrogen) atoms. The molecule has 0 unspecified atom stereocenters. The van der Waals surface area contributed by atoms with Crippen molar-refractivity contribution < 1.29 is 19.0 Å². The molecular formula is C34H37FO3. The number of benzene rings is 3. The van der Waals surface area contributed by atoms with Gasteiger partial charge in [0.15, 0.2) is 0 Å². The van der Waals surface area contributed by atoms with Crippen LogP contribution in [0.2, 0.25) is 0 Å². The van der Waals surface area contributed by atoms with Gasteiger partial charge in [-0.1, -0.05) is 56.2 Å². The molecule has 0 radical (unpaired) electrons. The fourth-order valence-electron chi connectivity index (χ4n) is 7.41. The van der Waals surface area contributed by atoms with Crippen LogP contribution in [0.1, 0.15) is 86.1 Å². The van der Waals surface area contributed by atoms with Gasteiger partial charge in [-0.05, 0) is 109 Å². The summed E-state index contributed by atoms with van der Waals surface area (Å²) in [7, 11) is 0. The summed E-state index contributed by atoms with van der Waals surface area (Å²) in [6.07, 6.45) is 7.18. The minimum Gasteiger partial charge on any atom is -0.489 e. The number of carboxylic acids is 1. The van der Waals surface area contributed by atoms with E-state index in [1.165, 1.54) is 29.5 Å². The summed E-state index contributed by atoms with van der Waals surface area (Å²) in [6, 6.07) is 18.0. The highest BCUT2D eigenvalue weighted by Gasteiger charge is 2.60. The van der Waals surface area contributed by atoms with Crippen LogP contribution in [0.5, 0.6) is 5.75 Å². The minimum atomic E-state index is -0.684. The van der Waals surface area contributed by atoms with Crippen molar-refractivity contribution in [1.82, 2.24) is 0 Å². The van der Waals surface area contributed by atoms with Crippen LogP contribution in [0.3, 0.4) is 0 Å². The van der Waals surface area contributed by atoms with E-state index in [0.29, 0.717) is 18.1 Å². The van der Waals surface area contributed by atoms with Crippen molar-refractivity contribution in [3.05, 3.63) is 88.2 Å². The molecule has 0 heterocycles. The van der Waals surface area contributed by atoms with Gasteiger partial charge in [-0.3, -0.25) is 4.79 Å². The lowest BCUT2D eigenvalue weighted by Crippen LogP contribution is -2.21. The molecule has 3 nitrogen and oxygen atoms in total. The highest BCUT2D eigenvalue weighted by atomic mass is 19.1. The van der Waals surface area contributed by atoms with Gasteiger partial charge >= 0.3 is 5.97 Å². The third-order valence-electron chi connectivity index (χ3n) is 9.63. The van der Waals surface area contributed by atoms with Crippen LogP contribution in [0, 0.1) is 24.1 Å². The fourth-order valence-corrected chi connectivity index (χ4v) is 7.41. The lowest BCUT2D eigenvalue weighted by Gasteiger charge is -2.30. The molecule has 0 aliphatic heterocycles. The summed E-state index contributed by atoms with van der Waals surface area (Å²) >= 11 is 0. The molecule has 3 atom stereocenters. The van der Waals surface area contributed by atoms with Gasteiger partial charge in [0, 0.05) is 11.0 Å². The van der Waals surface area contributed by atoms with Crippen molar-refractivity contribution in [1.29, 1.82) is 0 Å². The molecule has 3 aromatic rings. The zero-order valence-corrected chi connectivity index (χ0v) is 22.6. The summed E-state index contributed by atoms with van der Waals surface area (Å²) in [5, 5.41) is 9.65. The number of fused-ring (bicyclic) bond motifs is 2. The average molecular weight is 513 g/mol. The van der Waals surface area contributed by atoms with Gasteiger partial charge in [-0.25, -0.2) is 4.39 Å². The zero-order chi connectivity index (χ0) is 26.7. The molecule has 0 aromatic heterocycles. The summed E-state index contributed by atoms with van der Waals surface area (Å²) in [5.74, 6) is 0.0149. The Morgan fingerprint density at radius 1 is 1.03 bits per heavy atom. The number of hydrogen-bond acceptors (Lipinski definition) is 2. The smallest absolute Gasteiger partial charge is 0.307 e. The highest BCUT2D eigenvalue weighted by molar-refractivity contribution is 5.78. The molecule has 0 saturated heterocycles. The molecule has 3 aromatic carbocycles. The molecule has 4 heteroatoms. The number of aryl methyl sites for hydroxylation is 2. The molecule has 3 aliphatic carbocycles. The lowest BCUT2D eigenvalue weighted by atomic mass is 9.75. The van der Waals surface area contributed by atoms with Crippen molar-refractivity contribution in [2.75, 3.05) is 0 Å². The Bertz CT molecular complexity index is 1410. The molecule has 1 N–H and O–H groups in total. The summed E-state index contributed by atoms with van der Waals surface area (Å²) in [4.78, 5) is 11.7. The normalized spacial score (nSPS) is 25.3. The number of halogens is 1. The SMILES string of the molecule is Cc1ccc(F)c(-c2ccc(COc3ccc4c(c3)[C@]3(CCC4)C[C@H]3C(=O)O)cc2[C@H]2CCCC2(C)C)c1. The highest BCUT2D eigenvalue weighted by Crippen LogP contribution is 2.60. The lowest BCUT2D eigenvalue weighted by molar-refractivity contribution is -0.139. The van der Waals surface area contributed by atoms with Crippen LogP contribution in [0.25, 0.3) is 11.1 Å². The average Bonchev–Trinajstić information content (AvgIpc) is 3.50. The van der Waals surface area contributed by atoms with Gasteiger partial charge in [-0.2, -0.15) is 0 Å². The molecule has 3 aliphatic rings. The predicted molar refractivity (Wildman–Crippen MR) is 148 cm³/mol. The summed E-state index contributed by atoms with van der Waals surface area (Å²) in [5.41, 5.74) is 7.39. The van der Waals surface area contributed by atoms with Gasteiger partial charge in [0.1, 0.15) is 18.2 Å². The van der Waals surface area contributed by atoms with E-state index in [9.17, 15) is 9.90 Å². The van der Waals surface area contributed by atoms with E-state index in [0.717, 1.165) is 54.5 Å². The number of aliphatic carboxylic acids is 1. The second kappa shape index (κ2) is 9.25. The Hall–Kier alpha value is -3.14. The van der Waals surface area contributed by atoms with Crippen molar-refractivity contribution >= 4 is 5.97 Å². The van der Waals surface area contributed by atoms with Crippen LogP contribution in [-0.2, 0) is 23.2 Å². The minimum absolute atomic E-state index is 0.159. The van der Waals surface area contributed by atoms with Gasteiger partial charge in [0.25, 0.3) is 0 Å². The first-order valence-electron chi connectivity index (χ1n) is 14.1. The maximum Gasteiger partial charge on any atom is 0.307 e. The number of ether oxygens (including phenoxy) is 1. The number of rotatable bonds is 6. The van der Waals surface area contributed by atoms with Crippen LogP contribution >= 0.6 is 0 Å². The Morgan fingerprint density at radius 3 is 2.61 bits per heavy atom. The molecule has 1 spiro atoms. The quantitative estimate of drug-likeness (QED) is 0.361. The molecule has 6 rings (SSSR count). The van der Waals surface area contributed by atoms with E-state index in [2.05, 4.69) is 44.2 Å². The molecule has 2 saturated carbocycles. The Labute approximate surface area is 225 Å². The predicted octanol–water partition coefficient (Wildman–Crippen LogP) is 8.35. The van der Waals surface area contributed by atoms with Crippen molar-refractivity contribution in [3.8, 4) is 16.9 Å². The Morgan fingerprint density at radius 2 is 1.87 bits per heavy atom. The monoisotopic (exact) mass is 512 g/mol. The van der Waals surface area contributed by atoms with E-state index in [1.807, 2.05) is 25.1 Å². The maximum atomic E-state index is 15.0. The second-order valence-electron chi connectivity index (χ2n) is 12.6. The van der Waals surface area contributed by atoms with E-state index >= 15 is 4.39 Å². The van der Waals surface area contributed by atoms with E-state index in [-0.39, 0.29) is 22.6 Å². The topological polar surface area (TPSA) is 46.5 Å². The largest absolute Gasteiger partial charge is 0.489 e. The number of carbonyl (C=O) groups is 1. The molecule has 2 fully saturated rings. The first kappa shape index (κ1) is 25.2. The van der Waals surface area contributed by atoms with Crippen molar-refractivity contribution in [3.63, 3.8) is 0 Å². The van der Waals surface area contributed by atoms with E-state index < -0.39 is 5.97 Å². The van der Waals surface area contributed by atoms with Crippen molar-refractivity contribution in [2.45, 2.75) is 83.7 Å². The van der Waals surface area contributed by atoms with Crippen LogP contribution in [-0.4, -0.2) is 11.1 Å². The first-order valence-corrected chi connectivity index (χ1v) is 14.1. The van der Waals surface area contributed by atoms with Crippen LogP contribution in [0.15, 0.2) is 54.6 Å². The van der Waals surface area contributed by atoms with Gasteiger partial charge in [0.2, 0.25) is 0 Å². The maximum absolute atomic E-state index is 15.0. The summed E-state index contributed by atoms with van der Waals surface area (Å²) in [6.45, 7) is 7.09. The third kappa shape index (κ3) is 4.32. The molecule has 198 valence electrons. The Kier molecular flexibility index (Phi) is 6.13. The van der Waals surface area contributed by atoms with E-state index in [1.54, 1.807) is 6.07 Å². The van der Waals surface area contributed by atoms with Gasteiger partial charge in [0.05, 0.1) is 5.92 Å². The van der Waals surface area contributed by atoms with Crippen LogP contribution < -0.4 is 4.74 Å². The molecule has 0 amide bonds. The molecular weight excluding hydrogens is 475 g/mol. The Balaban J connectivity index is 1.30. The second-order valence-corrected chi connectivity index (χ2v) is 12.6. The summed E-state index contributed by atoms with van der Waals surface area (Å²) < 4.78 is 21.3. The van der Waals surface area contributed by atoms with Crippen molar-refractivity contribution in [2.24, 2.45) is 11.3 Å². The van der Waals surface area contributed by atoms with Gasteiger partial charge in [-0.15, -0.1) is 0 Å². The number of hydrogen-bond donors (Lipinski definition) is 1. The van der Waals surface area contributed by atoms with Crippen LogP contribution in [0.4, 0.5) is 4.39 Å². The first-order chi connectivity index (χ1) is 18.2.